The molecule has 0 saturated carbocycles. The Bertz CT molecular complexity index is 401. The molecule has 0 saturated heterocycles. The van der Waals surface area contributed by atoms with Gasteiger partial charge in [-0.3, -0.25) is 4.79 Å². The van der Waals surface area contributed by atoms with Crippen molar-refractivity contribution in [3.05, 3.63) is 29.8 Å². The zero-order valence-corrected chi connectivity index (χ0v) is 10.0. The van der Waals surface area contributed by atoms with Crippen LogP contribution in [0.25, 0.3) is 0 Å². The molecule has 0 heterocycles. The van der Waals surface area contributed by atoms with E-state index in [-0.39, 0.29) is 25.7 Å². The number of carboxylic acid groups (broad SMARTS) is 1. The molecule has 0 atom stereocenters. The largest absolute Gasteiger partial charge is 0.492 e. The number of esters is 1. The Morgan fingerprint density at radius 3 is 2.50 bits per heavy atom. The lowest BCUT2D eigenvalue weighted by Crippen LogP contribution is -2.26. The van der Waals surface area contributed by atoms with Gasteiger partial charge in [0.2, 0.25) is 0 Å². The van der Waals surface area contributed by atoms with Crippen molar-refractivity contribution in [1.29, 1.82) is 0 Å². The molecule has 2 N–H and O–H groups in total. The van der Waals surface area contributed by atoms with Gasteiger partial charge in [-0.25, -0.2) is 4.79 Å². The first-order valence-corrected chi connectivity index (χ1v) is 5.40. The summed E-state index contributed by atoms with van der Waals surface area (Å²) in [6.45, 7) is 2.07. The summed E-state index contributed by atoms with van der Waals surface area (Å²) in [5.74, 6) is 0.309. The highest BCUT2D eigenvalue weighted by molar-refractivity contribution is 5.65. The maximum absolute atomic E-state index is 10.6. The number of rotatable bonds is 6. The maximum Gasteiger partial charge on any atom is 0.404 e. The van der Waals surface area contributed by atoms with Gasteiger partial charge in [0.25, 0.3) is 0 Å². The molecule has 0 aliphatic heterocycles. The van der Waals surface area contributed by atoms with Gasteiger partial charge >= 0.3 is 12.1 Å². The number of benzene rings is 1. The third kappa shape index (κ3) is 5.74. The molecule has 0 aliphatic rings. The zero-order chi connectivity index (χ0) is 13.4. The van der Waals surface area contributed by atoms with E-state index in [4.69, 9.17) is 14.6 Å². The standard InChI is InChI=1S/C12H15NO5/c1-9(14)18-8-10-2-4-11(5-3-10)17-7-6-13-12(15)16/h2-5,13H,6-8H2,1H3,(H,15,16). The van der Waals surface area contributed by atoms with Crippen molar-refractivity contribution in [3.63, 3.8) is 0 Å². The van der Waals surface area contributed by atoms with Crippen LogP contribution in [-0.4, -0.2) is 30.3 Å². The van der Waals surface area contributed by atoms with Crippen LogP contribution in [0.2, 0.25) is 0 Å². The molecule has 1 amide bonds. The summed E-state index contributed by atoms with van der Waals surface area (Å²) in [6, 6.07) is 7.03. The topological polar surface area (TPSA) is 84.9 Å². The van der Waals surface area contributed by atoms with E-state index >= 15 is 0 Å². The van der Waals surface area contributed by atoms with E-state index in [1.54, 1.807) is 24.3 Å². The molecule has 18 heavy (non-hydrogen) atoms. The molecule has 1 aromatic rings. The highest BCUT2D eigenvalue weighted by Gasteiger charge is 1.99. The van der Waals surface area contributed by atoms with Gasteiger partial charge in [0.15, 0.2) is 0 Å². The predicted octanol–water partition coefficient (Wildman–Crippen LogP) is 1.40. The van der Waals surface area contributed by atoms with Crippen LogP contribution < -0.4 is 10.1 Å². The van der Waals surface area contributed by atoms with Crippen molar-refractivity contribution >= 4 is 12.1 Å². The minimum absolute atomic E-state index is 0.227. The number of nitrogens with one attached hydrogen (secondary N) is 1. The van der Waals surface area contributed by atoms with Gasteiger partial charge in [-0.15, -0.1) is 0 Å². The van der Waals surface area contributed by atoms with Gasteiger partial charge in [0.1, 0.15) is 19.0 Å². The minimum atomic E-state index is -1.07. The van der Waals surface area contributed by atoms with E-state index < -0.39 is 6.09 Å². The Morgan fingerprint density at radius 2 is 1.94 bits per heavy atom. The van der Waals surface area contributed by atoms with E-state index in [9.17, 15) is 9.59 Å². The Kier molecular flexibility index (Phi) is 5.50. The minimum Gasteiger partial charge on any atom is -0.492 e. The van der Waals surface area contributed by atoms with Crippen LogP contribution in [0.1, 0.15) is 12.5 Å². The first kappa shape index (κ1) is 13.8. The summed E-state index contributed by atoms with van der Waals surface area (Å²) in [5, 5.41) is 10.5. The van der Waals surface area contributed by atoms with Crippen molar-refractivity contribution in [2.45, 2.75) is 13.5 Å². The fraction of sp³-hybridized carbons (Fsp3) is 0.333. The van der Waals surface area contributed by atoms with Crippen LogP contribution in [0.4, 0.5) is 4.79 Å². The van der Waals surface area contributed by atoms with E-state index in [0.717, 1.165) is 5.56 Å². The average molecular weight is 253 g/mol. The second kappa shape index (κ2) is 7.16. The highest BCUT2D eigenvalue weighted by Crippen LogP contribution is 2.12. The van der Waals surface area contributed by atoms with E-state index in [1.807, 2.05) is 0 Å². The number of carbonyl (C=O) groups is 2. The number of hydrogen-bond donors (Lipinski definition) is 2. The molecule has 0 aromatic heterocycles. The van der Waals surface area contributed by atoms with Crippen LogP contribution in [0, 0.1) is 0 Å². The summed E-state index contributed by atoms with van der Waals surface area (Å²) < 4.78 is 10.1. The van der Waals surface area contributed by atoms with E-state index in [0.29, 0.717) is 5.75 Å². The van der Waals surface area contributed by atoms with Crippen molar-refractivity contribution in [1.82, 2.24) is 5.32 Å². The Labute approximate surface area is 105 Å². The van der Waals surface area contributed by atoms with Crippen molar-refractivity contribution in [2.75, 3.05) is 13.2 Å². The second-order valence-corrected chi connectivity index (χ2v) is 3.50. The maximum atomic E-state index is 10.6. The van der Waals surface area contributed by atoms with Gasteiger partial charge in [-0.2, -0.15) is 0 Å². The molecule has 0 unspecified atom stereocenters. The first-order valence-electron chi connectivity index (χ1n) is 5.40. The van der Waals surface area contributed by atoms with E-state index in [1.165, 1.54) is 6.92 Å². The van der Waals surface area contributed by atoms with Crippen molar-refractivity contribution in [3.8, 4) is 5.75 Å². The lowest BCUT2D eigenvalue weighted by atomic mass is 10.2. The van der Waals surface area contributed by atoms with Gasteiger partial charge in [0.05, 0.1) is 6.54 Å². The van der Waals surface area contributed by atoms with Crippen LogP contribution in [0.15, 0.2) is 24.3 Å². The Morgan fingerprint density at radius 1 is 1.28 bits per heavy atom. The number of hydrogen-bond acceptors (Lipinski definition) is 4. The molecule has 1 aromatic carbocycles. The summed E-state index contributed by atoms with van der Waals surface area (Å²) in [6.07, 6.45) is -1.07. The number of carbonyl (C=O) groups excluding carboxylic acids is 1. The fourth-order valence-corrected chi connectivity index (χ4v) is 1.19. The van der Waals surface area contributed by atoms with E-state index in [2.05, 4.69) is 5.32 Å². The number of amides is 1. The van der Waals surface area contributed by atoms with Crippen molar-refractivity contribution in [2.24, 2.45) is 0 Å². The van der Waals surface area contributed by atoms with Crippen molar-refractivity contribution < 1.29 is 24.2 Å². The van der Waals surface area contributed by atoms with Gasteiger partial charge in [-0.1, -0.05) is 12.1 Å². The monoisotopic (exact) mass is 253 g/mol. The molecule has 0 spiro atoms. The van der Waals surface area contributed by atoms with Crippen LogP contribution in [-0.2, 0) is 16.1 Å². The zero-order valence-electron chi connectivity index (χ0n) is 10.0. The molecular weight excluding hydrogens is 238 g/mol. The third-order valence-electron chi connectivity index (χ3n) is 2.01. The summed E-state index contributed by atoms with van der Waals surface area (Å²) in [7, 11) is 0. The normalized spacial score (nSPS) is 9.61. The SMILES string of the molecule is CC(=O)OCc1ccc(OCCNC(=O)O)cc1. The Hall–Kier alpha value is -2.24. The molecular formula is C12H15NO5. The molecule has 6 nitrogen and oxygen atoms in total. The molecule has 98 valence electrons. The molecule has 0 radical (unpaired) electrons. The smallest absolute Gasteiger partial charge is 0.404 e. The predicted molar refractivity (Wildman–Crippen MR) is 63.4 cm³/mol. The lowest BCUT2D eigenvalue weighted by molar-refractivity contribution is -0.142. The molecule has 0 fully saturated rings. The quantitative estimate of drug-likeness (QED) is 0.591. The lowest BCUT2D eigenvalue weighted by Gasteiger charge is -2.07. The summed E-state index contributed by atoms with van der Waals surface area (Å²) in [4.78, 5) is 20.8. The molecule has 0 aliphatic carbocycles. The summed E-state index contributed by atoms with van der Waals surface area (Å²) in [5.41, 5.74) is 0.862. The second-order valence-electron chi connectivity index (χ2n) is 3.50. The van der Waals surface area contributed by atoms with Gasteiger partial charge < -0.3 is 19.9 Å². The molecule has 6 heteroatoms. The Balaban J connectivity index is 2.31. The third-order valence-corrected chi connectivity index (χ3v) is 2.01. The molecule has 1 rings (SSSR count). The first-order chi connectivity index (χ1) is 8.58. The van der Waals surface area contributed by atoms with Crippen LogP contribution >= 0.6 is 0 Å². The number of ether oxygens (including phenoxy) is 2. The van der Waals surface area contributed by atoms with Crippen LogP contribution in [0.5, 0.6) is 5.75 Å². The van der Waals surface area contributed by atoms with Crippen LogP contribution in [0.3, 0.4) is 0 Å². The average Bonchev–Trinajstić information content (AvgIpc) is 2.33. The molecule has 0 bridgehead atoms. The highest BCUT2D eigenvalue weighted by atomic mass is 16.5. The summed E-state index contributed by atoms with van der Waals surface area (Å²) >= 11 is 0. The van der Waals surface area contributed by atoms with Gasteiger partial charge in [0, 0.05) is 6.92 Å². The van der Waals surface area contributed by atoms with Gasteiger partial charge in [-0.05, 0) is 17.7 Å². The fourth-order valence-electron chi connectivity index (χ4n) is 1.19.